The lowest BCUT2D eigenvalue weighted by Crippen LogP contribution is -2.22. The number of unbranched alkanes of at least 4 members (excludes halogenated alkanes) is 9. The molecular weight excluding hydrogens is 566 g/mol. The van der Waals surface area contributed by atoms with Crippen molar-refractivity contribution in [1.29, 1.82) is 0 Å². The second-order valence-electron chi connectivity index (χ2n) is 13.4. The van der Waals surface area contributed by atoms with Crippen molar-refractivity contribution in [2.45, 2.75) is 194 Å². The molecule has 0 N–H and O–H groups in total. The van der Waals surface area contributed by atoms with Gasteiger partial charge in [0.2, 0.25) is 0 Å². The average molecular weight is 640 g/mol. The molecule has 45 heavy (non-hydrogen) atoms. The molecule has 0 saturated heterocycles. The Labute approximate surface area is 278 Å². The van der Waals surface area contributed by atoms with E-state index in [-0.39, 0.29) is 30.1 Å². The van der Waals surface area contributed by atoms with Crippen LogP contribution in [-0.4, -0.2) is 62.3 Å². The molecule has 0 aromatic carbocycles. The first-order chi connectivity index (χ1) is 21.7. The molecule has 0 rings (SSSR count). The van der Waals surface area contributed by atoms with Crippen LogP contribution in [0.25, 0.3) is 0 Å². The van der Waals surface area contributed by atoms with Gasteiger partial charge in [0.15, 0.2) is 0 Å². The number of ether oxygens (including phenoxy) is 3. The molecule has 7 heteroatoms. The topological polar surface area (TPSA) is 82.1 Å². The lowest BCUT2D eigenvalue weighted by molar-refractivity contribution is -0.151. The zero-order valence-corrected chi connectivity index (χ0v) is 30.5. The van der Waals surface area contributed by atoms with Gasteiger partial charge in [0, 0.05) is 19.3 Å². The fourth-order valence-electron chi connectivity index (χ4n) is 5.63. The number of hydrogen-bond donors (Lipinski definition) is 0. The van der Waals surface area contributed by atoms with Crippen LogP contribution in [0.4, 0.5) is 0 Å². The molecule has 266 valence electrons. The largest absolute Gasteiger partial charge is 0.465 e. The summed E-state index contributed by atoms with van der Waals surface area (Å²) in [5.74, 6) is -0.110. The minimum absolute atomic E-state index is 0.00589. The summed E-state index contributed by atoms with van der Waals surface area (Å²) in [7, 11) is 3.98. The molecular formula is C38H73NO6. The molecule has 0 aliphatic heterocycles. The predicted octanol–water partition coefficient (Wildman–Crippen LogP) is 9.97. The van der Waals surface area contributed by atoms with Gasteiger partial charge < -0.3 is 19.1 Å². The highest BCUT2D eigenvalue weighted by molar-refractivity contribution is 5.70. The van der Waals surface area contributed by atoms with Crippen LogP contribution < -0.4 is 0 Å². The van der Waals surface area contributed by atoms with Gasteiger partial charge in [-0.3, -0.25) is 14.4 Å². The maximum atomic E-state index is 12.9. The van der Waals surface area contributed by atoms with E-state index in [1.165, 1.54) is 51.4 Å². The molecule has 2 unspecified atom stereocenters. The van der Waals surface area contributed by atoms with E-state index >= 15 is 0 Å². The quantitative estimate of drug-likeness (QED) is 0.0411. The van der Waals surface area contributed by atoms with Crippen LogP contribution in [0.15, 0.2) is 0 Å². The second kappa shape index (κ2) is 31.0. The summed E-state index contributed by atoms with van der Waals surface area (Å²) in [6.45, 7) is 10.1. The lowest BCUT2D eigenvalue weighted by Gasteiger charge is -2.20. The minimum atomic E-state index is -0.307. The van der Waals surface area contributed by atoms with Crippen LogP contribution in [0.2, 0.25) is 0 Å². The molecule has 0 saturated carbocycles. The molecule has 0 aliphatic carbocycles. The lowest BCUT2D eigenvalue weighted by atomic mass is 10.0. The van der Waals surface area contributed by atoms with Crippen molar-refractivity contribution in [3.05, 3.63) is 0 Å². The highest BCUT2D eigenvalue weighted by Crippen LogP contribution is 2.20. The summed E-state index contributed by atoms with van der Waals surface area (Å²) in [4.78, 5) is 39.9. The van der Waals surface area contributed by atoms with Crippen molar-refractivity contribution >= 4 is 17.9 Å². The molecule has 0 aromatic heterocycles. The van der Waals surface area contributed by atoms with Gasteiger partial charge in [0.1, 0.15) is 12.2 Å². The van der Waals surface area contributed by atoms with E-state index in [0.717, 1.165) is 64.3 Å². The molecule has 7 nitrogen and oxygen atoms in total. The van der Waals surface area contributed by atoms with Crippen LogP contribution in [-0.2, 0) is 28.6 Å². The summed E-state index contributed by atoms with van der Waals surface area (Å²) in [5.41, 5.74) is 0. The molecule has 0 heterocycles. The number of carbonyl (C=O) groups excluding carboxylic acids is 3. The standard InChI is InChI=1S/C38H73NO6/c1-7-11-14-16-18-24-34(25-19-17-15-12-8-2)44-37(41)29-21-27-35(45-38(42)30-22-31-39(5)6)26-20-28-36(40)43-32-33(10-4)23-13-9-3/h33-35H,7-32H2,1-6H3. The van der Waals surface area contributed by atoms with Crippen molar-refractivity contribution < 1.29 is 28.6 Å². The number of carbonyl (C=O) groups is 3. The van der Waals surface area contributed by atoms with Crippen LogP contribution >= 0.6 is 0 Å². The molecule has 0 spiro atoms. The molecule has 0 radical (unpaired) electrons. The van der Waals surface area contributed by atoms with Gasteiger partial charge in [-0.25, -0.2) is 0 Å². The van der Waals surface area contributed by atoms with Gasteiger partial charge in [0.25, 0.3) is 0 Å². The van der Waals surface area contributed by atoms with Crippen molar-refractivity contribution in [3.63, 3.8) is 0 Å². The van der Waals surface area contributed by atoms with Crippen LogP contribution in [0.1, 0.15) is 182 Å². The summed E-state index contributed by atoms with van der Waals surface area (Å²) < 4.78 is 17.4. The smallest absolute Gasteiger partial charge is 0.306 e. The van der Waals surface area contributed by atoms with E-state index in [9.17, 15) is 14.4 Å². The summed E-state index contributed by atoms with van der Waals surface area (Å²) in [6.07, 6.45) is 22.3. The van der Waals surface area contributed by atoms with E-state index < -0.39 is 0 Å². The fourth-order valence-corrected chi connectivity index (χ4v) is 5.63. The Kier molecular flexibility index (Phi) is 29.9. The first kappa shape index (κ1) is 43.4. The van der Waals surface area contributed by atoms with Crippen LogP contribution in [0.3, 0.4) is 0 Å². The summed E-state index contributed by atoms with van der Waals surface area (Å²) in [6, 6.07) is 0. The van der Waals surface area contributed by atoms with Crippen LogP contribution in [0, 0.1) is 5.92 Å². The summed E-state index contributed by atoms with van der Waals surface area (Å²) >= 11 is 0. The Morgan fingerprint density at radius 1 is 0.511 bits per heavy atom. The Morgan fingerprint density at radius 2 is 0.956 bits per heavy atom. The SMILES string of the molecule is CCCCCCCC(CCCCCCC)OC(=O)CCCC(CCCC(=O)OCC(CC)CCCC)OC(=O)CCCN(C)C. The third-order valence-corrected chi connectivity index (χ3v) is 8.68. The Hall–Kier alpha value is -1.63. The normalized spacial score (nSPS) is 12.8. The second-order valence-corrected chi connectivity index (χ2v) is 13.4. The third kappa shape index (κ3) is 28.3. The first-order valence-electron chi connectivity index (χ1n) is 18.9. The van der Waals surface area contributed by atoms with Crippen molar-refractivity contribution in [1.82, 2.24) is 4.90 Å². The van der Waals surface area contributed by atoms with Gasteiger partial charge in [-0.15, -0.1) is 0 Å². The maximum Gasteiger partial charge on any atom is 0.306 e. The number of rotatable bonds is 32. The first-order valence-corrected chi connectivity index (χ1v) is 18.9. The van der Waals surface area contributed by atoms with Gasteiger partial charge in [-0.1, -0.05) is 98.3 Å². The highest BCUT2D eigenvalue weighted by atomic mass is 16.5. The van der Waals surface area contributed by atoms with Gasteiger partial charge >= 0.3 is 17.9 Å². The highest BCUT2D eigenvalue weighted by Gasteiger charge is 2.19. The zero-order valence-electron chi connectivity index (χ0n) is 30.5. The van der Waals surface area contributed by atoms with Crippen molar-refractivity contribution in [3.8, 4) is 0 Å². The van der Waals surface area contributed by atoms with E-state index in [2.05, 4.69) is 32.6 Å². The minimum Gasteiger partial charge on any atom is -0.465 e. The van der Waals surface area contributed by atoms with Gasteiger partial charge in [0.05, 0.1) is 6.61 Å². The maximum absolute atomic E-state index is 12.9. The van der Waals surface area contributed by atoms with Gasteiger partial charge in [-0.05, 0) is 90.8 Å². The van der Waals surface area contributed by atoms with E-state index in [0.29, 0.717) is 57.5 Å². The van der Waals surface area contributed by atoms with Crippen LogP contribution in [0.5, 0.6) is 0 Å². The zero-order chi connectivity index (χ0) is 33.5. The Bertz CT molecular complexity index is 698. The number of hydrogen-bond acceptors (Lipinski definition) is 7. The number of esters is 3. The molecule has 0 amide bonds. The van der Waals surface area contributed by atoms with Gasteiger partial charge in [-0.2, -0.15) is 0 Å². The van der Waals surface area contributed by atoms with E-state index in [1.54, 1.807) is 0 Å². The van der Waals surface area contributed by atoms with Crippen molar-refractivity contribution in [2.75, 3.05) is 27.2 Å². The Balaban J connectivity index is 4.84. The monoisotopic (exact) mass is 640 g/mol. The molecule has 0 aliphatic rings. The van der Waals surface area contributed by atoms with E-state index in [1.807, 2.05) is 14.1 Å². The van der Waals surface area contributed by atoms with Crippen molar-refractivity contribution in [2.24, 2.45) is 5.92 Å². The summed E-state index contributed by atoms with van der Waals surface area (Å²) in [5, 5.41) is 0. The fraction of sp³-hybridized carbons (Fsp3) is 0.921. The van der Waals surface area contributed by atoms with E-state index in [4.69, 9.17) is 14.2 Å². The predicted molar refractivity (Wildman–Crippen MR) is 186 cm³/mol. The Morgan fingerprint density at radius 3 is 1.42 bits per heavy atom. The molecule has 0 aromatic rings. The third-order valence-electron chi connectivity index (χ3n) is 8.68. The average Bonchev–Trinajstić information content (AvgIpc) is 3.00. The molecule has 2 atom stereocenters. The molecule has 0 bridgehead atoms. The molecule has 0 fully saturated rings. The number of nitrogens with zero attached hydrogens (tertiary/aromatic N) is 1.